The first-order valence-electron chi connectivity index (χ1n) is 8.01. The summed E-state index contributed by atoms with van der Waals surface area (Å²) < 4.78 is 5.27. The number of aryl methyl sites for hydroxylation is 1. The molecule has 0 aliphatic heterocycles. The molecule has 128 valence electrons. The lowest BCUT2D eigenvalue weighted by molar-refractivity contribution is 0.102. The van der Waals surface area contributed by atoms with Crippen LogP contribution in [0, 0.1) is 6.92 Å². The third-order valence-corrected chi connectivity index (χ3v) is 4.44. The molecular weight excluding hydrogens is 350 g/mol. The molecule has 0 spiro atoms. The first-order chi connectivity index (χ1) is 12.6. The third-order valence-electron chi connectivity index (χ3n) is 4.11. The topological polar surface area (TPSA) is 68.0 Å². The number of rotatable bonds is 3. The van der Waals surface area contributed by atoms with Gasteiger partial charge in [-0.1, -0.05) is 41.0 Å². The van der Waals surface area contributed by atoms with Gasteiger partial charge >= 0.3 is 0 Å². The van der Waals surface area contributed by atoms with Crippen LogP contribution in [0.4, 0.5) is 5.69 Å². The minimum atomic E-state index is -0.310. The highest BCUT2D eigenvalue weighted by atomic mass is 35.5. The predicted molar refractivity (Wildman–Crippen MR) is 101 cm³/mol. The number of nitrogens with zero attached hydrogens (tertiary/aromatic N) is 2. The van der Waals surface area contributed by atoms with Crippen molar-refractivity contribution in [3.8, 4) is 11.3 Å². The van der Waals surface area contributed by atoms with Gasteiger partial charge in [0.05, 0.1) is 16.2 Å². The standard InChI is InChI=1S/C20H14ClN3O2/c1-12-18(19(24-26-12)13-6-2-3-8-15(13)21)20(25)23-17-10-4-9-16-14(17)7-5-11-22-16/h2-11H,1H3,(H,23,25). The molecule has 1 N–H and O–H groups in total. The summed E-state index contributed by atoms with van der Waals surface area (Å²) in [6.07, 6.45) is 1.72. The molecule has 0 saturated carbocycles. The largest absolute Gasteiger partial charge is 0.360 e. The molecule has 0 aliphatic rings. The van der Waals surface area contributed by atoms with Gasteiger partial charge in [-0.2, -0.15) is 0 Å². The fourth-order valence-corrected chi connectivity index (χ4v) is 3.10. The van der Waals surface area contributed by atoms with Crippen molar-refractivity contribution in [2.75, 3.05) is 5.32 Å². The van der Waals surface area contributed by atoms with Crippen LogP contribution in [0.1, 0.15) is 16.1 Å². The molecule has 6 heteroatoms. The number of amides is 1. The second-order valence-electron chi connectivity index (χ2n) is 5.77. The Hall–Kier alpha value is -3.18. The van der Waals surface area contributed by atoms with Crippen LogP contribution in [-0.2, 0) is 0 Å². The number of aromatic nitrogens is 2. The molecular formula is C20H14ClN3O2. The van der Waals surface area contributed by atoms with Gasteiger partial charge in [0.15, 0.2) is 0 Å². The Labute approximate surface area is 154 Å². The van der Waals surface area contributed by atoms with Crippen molar-refractivity contribution in [2.45, 2.75) is 6.92 Å². The number of hydrogen-bond acceptors (Lipinski definition) is 4. The molecule has 2 heterocycles. The molecule has 26 heavy (non-hydrogen) atoms. The molecule has 0 saturated heterocycles. The quantitative estimate of drug-likeness (QED) is 0.549. The van der Waals surface area contributed by atoms with Gasteiger partial charge in [-0.25, -0.2) is 0 Å². The lowest BCUT2D eigenvalue weighted by atomic mass is 10.1. The normalized spacial score (nSPS) is 10.8. The van der Waals surface area contributed by atoms with Crippen molar-refractivity contribution in [2.24, 2.45) is 0 Å². The van der Waals surface area contributed by atoms with Crippen LogP contribution in [0.3, 0.4) is 0 Å². The zero-order chi connectivity index (χ0) is 18.1. The van der Waals surface area contributed by atoms with Crippen molar-refractivity contribution in [1.82, 2.24) is 10.1 Å². The fourth-order valence-electron chi connectivity index (χ4n) is 2.87. The van der Waals surface area contributed by atoms with Gasteiger partial charge in [-0.3, -0.25) is 9.78 Å². The molecule has 0 radical (unpaired) electrons. The summed E-state index contributed by atoms with van der Waals surface area (Å²) in [5, 5.41) is 8.34. The van der Waals surface area contributed by atoms with Crippen LogP contribution in [0.2, 0.25) is 5.02 Å². The van der Waals surface area contributed by atoms with E-state index in [1.54, 1.807) is 25.3 Å². The number of carbonyl (C=O) groups is 1. The van der Waals surface area contributed by atoms with Crippen molar-refractivity contribution in [3.05, 3.63) is 77.1 Å². The summed E-state index contributed by atoms with van der Waals surface area (Å²) in [4.78, 5) is 17.3. The molecule has 2 aromatic carbocycles. The first-order valence-corrected chi connectivity index (χ1v) is 8.39. The maximum absolute atomic E-state index is 13.0. The molecule has 0 fully saturated rings. The van der Waals surface area contributed by atoms with E-state index >= 15 is 0 Å². The van der Waals surface area contributed by atoms with E-state index < -0.39 is 0 Å². The molecule has 4 aromatic rings. The molecule has 0 aliphatic carbocycles. The number of halogens is 1. The Bertz CT molecular complexity index is 1120. The number of nitrogens with one attached hydrogen (secondary N) is 1. The second kappa shape index (κ2) is 6.61. The lowest BCUT2D eigenvalue weighted by Crippen LogP contribution is -2.14. The third kappa shape index (κ3) is 2.82. The maximum Gasteiger partial charge on any atom is 0.261 e. The van der Waals surface area contributed by atoms with Crippen molar-refractivity contribution in [1.29, 1.82) is 0 Å². The molecule has 1 amide bonds. The number of anilines is 1. The fraction of sp³-hybridized carbons (Fsp3) is 0.0500. The monoisotopic (exact) mass is 363 g/mol. The van der Waals surface area contributed by atoms with Gasteiger partial charge < -0.3 is 9.84 Å². The molecule has 5 nitrogen and oxygen atoms in total. The Balaban J connectivity index is 1.76. The van der Waals surface area contributed by atoms with E-state index in [0.29, 0.717) is 33.3 Å². The van der Waals surface area contributed by atoms with Crippen LogP contribution < -0.4 is 5.32 Å². The maximum atomic E-state index is 13.0. The minimum absolute atomic E-state index is 0.310. The number of benzene rings is 2. The van der Waals surface area contributed by atoms with Gasteiger partial charge in [0.2, 0.25) is 0 Å². The number of fused-ring (bicyclic) bond motifs is 1. The highest BCUT2D eigenvalue weighted by Crippen LogP contribution is 2.32. The average Bonchev–Trinajstić information content (AvgIpc) is 3.04. The molecule has 4 rings (SSSR count). The Kier molecular flexibility index (Phi) is 4.14. The van der Waals surface area contributed by atoms with E-state index in [4.69, 9.17) is 16.1 Å². The number of hydrogen-bond donors (Lipinski definition) is 1. The Morgan fingerprint density at radius 2 is 1.92 bits per heavy atom. The van der Waals surface area contributed by atoms with Crippen LogP contribution in [0.15, 0.2) is 65.3 Å². The average molecular weight is 364 g/mol. The van der Waals surface area contributed by atoms with Crippen molar-refractivity contribution < 1.29 is 9.32 Å². The highest BCUT2D eigenvalue weighted by Gasteiger charge is 2.23. The first kappa shape index (κ1) is 16.3. The summed E-state index contributed by atoms with van der Waals surface area (Å²) in [5.74, 6) is 0.116. The zero-order valence-electron chi connectivity index (χ0n) is 13.9. The summed E-state index contributed by atoms with van der Waals surface area (Å²) in [6.45, 7) is 1.70. The van der Waals surface area contributed by atoms with E-state index in [9.17, 15) is 4.79 Å². The van der Waals surface area contributed by atoms with E-state index in [1.165, 1.54) is 0 Å². The summed E-state index contributed by atoms with van der Waals surface area (Å²) in [6, 6.07) is 16.5. The zero-order valence-corrected chi connectivity index (χ0v) is 14.6. The van der Waals surface area contributed by atoms with Crippen molar-refractivity contribution >= 4 is 34.1 Å². The molecule has 0 unspecified atom stereocenters. The van der Waals surface area contributed by atoms with Crippen molar-refractivity contribution in [3.63, 3.8) is 0 Å². The van der Waals surface area contributed by atoms with Crippen LogP contribution in [-0.4, -0.2) is 16.0 Å². The van der Waals surface area contributed by atoms with Gasteiger partial charge in [0, 0.05) is 17.1 Å². The summed E-state index contributed by atoms with van der Waals surface area (Å²) in [7, 11) is 0. The van der Waals surface area contributed by atoms with E-state index in [0.717, 1.165) is 10.9 Å². The second-order valence-corrected chi connectivity index (χ2v) is 6.18. The van der Waals surface area contributed by atoms with E-state index in [1.807, 2.05) is 42.5 Å². The van der Waals surface area contributed by atoms with Gasteiger partial charge in [0.25, 0.3) is 5.91 Å². The van der Waals surface area contributed by atoms with Crippen LogP contribution >= 0.6 is 11.6 Å². The van der Waals surface area contributed by atoms with E-state index in [-0.39, 0.29) is 5.91 Å². The Morgan fingerprint density at radius 1 is 1.08 bits per heavy atom. The molecule has 2 aromatic heterocycles. The summed E-state index contributed by atoms with van der Waals surface area (Å²) >= 11 is 6.26. The van der Waals surface area contributed by atoms with E-state index in [2.05, 4.69) is 15.5 Å². The van der Waals surface area contributed by atoms with Gasteiger partial charge in [-0.15, -0.1) is 0 Å². The summed E-state index contributed by atoms with van der Waals surface area (Å²) in [5.41, 5.74) is 2.91. The van der Waals surface area contributed by atoms with Gasteiger partial charge in [-0.05, 0) is 37.3 Å². The van der Waals surface area contributed by atoms with Gasteiger partial charge in [0.1, 0.15) is 17.0 Å². The minimum Gasteiger partial charge on any atom is -0.360 e. The van der Waals surface area contributed by atoms with Crippen LogP contribution in [0.5, 0.6) is 0 Å². The number of pyridine rings is 1. The smallest absolute Gasteiger partial charge is 0.261 e. The molecule has 0 bridgehead atoms. The van der Waals surface area contributed by atoms with Crippen LogP contribution in [0.25, 0.3) is 22.2 Å². The lowest BCUT2D eigenvalue weighted by Gasteiger charge is -2.09. The Morgan fingerprint density at radius 3 is 2.77 bits per heavy atom. The SMILES string of the molecule is Cc1onc(-c2ccccc2Cl)c1C(=O)Nc1cccc2ncccc12. The molecule has 0 atom stereocenters. The highest BCUT2D eigenvalue weighted by molar-refractivity contribution is 6.33. The predicted octanol–water partition coefficient (Wildman–Crippen LogP) is 5.10. The number of carbonyl (C=O) groups excluding carboxylic acids is 1.